The van der Waals surface area contributed by atoms with Crippen LogP contribution < -0.4 is 0 Å². The third-order valence-corrected chi connectivity index (χ3v) is 5.26. The number of thiazole rings is 1. The van der Waals surface area contributed by atoms with Crippen LogP contribution in [0.15, 0.2) is 48.2 Å². The molecule has 0 unspecified atom stereocenters. The lowest BCUT2D eigenvalue weighted by atomic mass is 10.1. The number of rotatable bonds is 5. The van der Waals surface area contributed by atoms with E-state index in [9.17, 15) is 9.18 Å². The topological polar surface area (TPSA) is 55.4 Å². The van der Waals surface area contributed by atoms with Gasteiger partial charge in [0.15, 0.2) is 4.96 Å². The third kappa shape index (κ3) is 3.35. The van der Waals surface area contributed by atoms with Gasteiger partial charge in [-0.1, -0.05) is 12.1 Å². The Balaban J connectivity index is 1.56. The van der Waals surface area contributed by atoms with Crippen molar-refractivity contribution in [3.63, 3.8) is 0 Å². The molecule has 0 saturated carbocycles. The molecule has 4 aromatic rings. The Morgan fingerprint density at radius 1 is 1.30 bits per heavy atom. The number of nitrogens with zero attached hydrogens (tertiary/aromatic N) is 5. The van der Waals surface area contributed by atoms with Gasteiger partial charge in [0.25, 0.3) is 5.91 Å². The minimum atomic E-state index is -0.329. The van der Waals surface area contributed by atoms with Gasteiger partial charge in [0.05, 0.1) is 11.9 Å². The number of likely N-dealkylation sites (N-methyl/N-ethyl adjacent to an activating group) is 1. The number of aryl methyl sites for hydroxylation is 1. The SMILES string of the molecule is CN(CCc1cnn(C)c1)C(=O)c1csc2nc(-c3ccccc3F)cn12. The van der Waals surface area contributed by atoms with Crippen molar-refractivity contribution in [3.8, 4) is 11.3 Å². The van der Waals surface area contributed by atoms with Crippen LogP contribution >= 0.6 is 11.3 Å². The normalized spacial score (nSPS) is 11.2. The van der Waals surface area contributed by atoms with E-state index in [-0.39, 0.29) is 11.7 Å². The Kier molecular flexibility index (Phi) is 4.49. The van der Waals surface area contributed by atoms with Gasteiger partial charge in [-0.05, 0) is 24.1 Å². The first-order valence-electron chi connectivity index (χ1n) is 8.47. The lowest BCUT2D eigenvalue weighted by Gasteiger charge is -2.16. The first-order valence-corrected chi connectivity index (χ1v) is 9.35. The molecule has 1 aromatic carbocycles. The smallest absolute Gasteiger partial charge is 0.271 e. The first kappa shape index (κ1) is 17.4. The Bertz CT molecular complexity index is 1110. The van der Waals surface area contributed by atoms with E-state index in [2.05, 4.69) is 10.1 Å². The number of amides is 1. The van der Waals surface area contributed by atoms with E-state index in [0.717, 1.165) is 12.0 Å². The van der Waals surface area contributed by atoms with Crippen LogP contribution in [0.5, 0.6) is 0 Å². The Morgan fingerprint density at radius 2 is 2.11 bits per heavy atom. The molecule has 6 nitrogen and oxygen atoms in total. The minimum Gasteiger partial charge on any atom is -0.340 e. The average molecular weight is 383 g/mol. The van der Waals surface area contributed by atoms with Crippen molar-refractivity contribution in [1.82, 2.24) is 24.1 Å². The Hall–Kier alpha value is -3.00. The molecule has 0 spiro atoms. The highest BCUT2D eigenvalue weighted by molar-refractivity contribution is 7.15. The van der Waals surface area contributed by atoms with E-state index >= 15 is 0 Å². The number of halogens is 1. The van der Waals surface area contributed by atoms with Gasteiger partial charge in [0.2, 0.25) is 0 Å². The van der Waals surface area contributed by atoms with Crippen molar-refractivity contribution in [2.45, 2.75) is 6.42 Å². The third-order valence-electron chi connectivity index (χ3n) is 4.42. The lowest BCUT2D eigenvalue weighted by molar-refractivity contribution is 0.0790. The van der Waals surface area contributed by atoms with Gasteiger partial charge in [-0.15, -0.1) is 11.3 Å². The molecule has 0 saturated heterocycles. The lowest BCUT2D eigenvalue weighted by Crippen LogP contribution is -2.29. The standard InChI is InChI=1S/C19H18FN5OS/c1-23(8-7-13-9-21-24(2)10-13)18(26)17-12-27-19-22-16(11-25(17)19)14-5-3-4-6-15(14)20/h3-6,9-12H,7-8H2,1-2H3. The van der Waals surface area contributed by atoms with Gasteiger partial charge in [0, 0.05) is 44.0 Å². The van der Waals surface area contributed by atoms with Crippen LogP contribution in [-0.2, 0) is 13.5 Å². The summed E-state index contributed by atoms with van der Waals surface area (Å²) in [5.41, 5.74) is 2.56. The molecule has 0 aliphatic carbocycles. The summed E-state index contributed by atoms with van der Waals surface area (Å²) in [6, 6.07) is 6.50. The maximum absolute atomic E-state index is 14.0. The molecule has 0 bridgehead atoms. The number of imidazole rings is 1. The molecule has 0 atom stereocenters. The van der Waals surface area contributed by atoms with Crippen LogP contribution in [0.4, 0.5) is 4.39 Å². The van der Waals surface area contributed by atoms with Gasteiger partial charge >= 0.3 is 0 Å². The van der Waals surface area contributed by atoms with E-state index in [1.807, 2.05) is 13.2 Å². The molecular formula is C19H18FN5OS. The van der Waals surface area contributed by atoms with Crippen molar-refractivity contribution < 1.29 is 9.18 Å². The number of carbonyl (C=O) groups excluding carboxylic acids is 1. The van der Waals surface area contributed by atoms with Crippen LogP contribution in [0, 0.1) is 5.82 Å². The zero-order valence-corrected chi connectivity index (χ0v) is 15.8. The van der Waals surface area contributed by atoms with E-state index in [4.69, 9.17) is 0 Å². The largest absolute Gasteiger partial charge is 0.340 e. The second-order valence-corrected chi connectivity index (χ2v) is 7.22. The fourth-order valence-corrected chi connectivity index (χ4v) is 3.78. The summed E-state index contributed by atoms with van der Waals surface area (Å²) in [6.45, 7) is 0.580. The van der Waals surface area contributed by atoms with E-state index in [1.54, 1.807) is 57.0 Å². The highest BCUT2D eigenvalue weighted by Crippen LogP contribution is 2.26. The second-order valence-electron chi connectivity index (χ2n) is 6.38. The molecule has 138 valence electrons. The van der Waals surface area contributed by atoms with Gasteiger partial charge in [-0.2, -0.15) is 5.10 Å². The zero-order chi connectivity index (χ0) is 19.0. The summed E-state index contributed by atoms with van der Waals surface area (Å²) in [5, 5.41) is 5.93. The maximum Gasteiger partial charge on any atom is 0.271 e. The van der Waals surface area contributed by atoms with E-state index in [1.165, 1.54) is 17.4 Å². The molecule has 27 heavy (non-hydrogen) atoms. The number of aromatic nitrogens is 4. The van der Waals surface area contributed by atoms with Crippen LogP contribution in [0.2, 0.25) is 0 Å². The minimum absolute atomic E-state index is 0.0948. The number of hydrogen-bond acceptors (Lipinski definition) is 4. The summed E-state index contributed by atoms with van der Waals surface area (Å²) >= 11 is 1.37. The van der Waals surface area contributed by atoms with Crippen molar-refractivity contribution in [1.29, 1.82) is 0 Å². The molecule has 0 aliphatic rings. The van der Waals surface area contributed by atoms with E-state index in [0.29, 0.717) is 28.5 Å². The number of carbonyl (C=O) groups is 1. The highest BCUT2D eigenvalue weighted by atomic mass is 32.1. The van der Waals surface area contributed by atoms with E-state index < -0.39 is 0 Å². The molecule has 1 amide bonds. The molecule has 0 aliphatic heterocycles. The molecule has 0 fully saturated rings. The summed E-state index contributed by atoms with van der Waals surface area (Å²) in [7, 11) is 3.64. The fourth-order valence-electron chi connectivity index (χ4n) is 2.93. The molecule has 8 heteroatoms. The number of hydrogen-bond donors (Lipinski definition) is 0. The predicted octanol–water partition coefficient (Wildman–Crippen LogP) is 3.25. The Morgan fingerprint density at radius 3 is 2.85 bits per heavy atom. The fraction of sp³-hybridized carbons (Fsp3) is 0.211. The van der Waals surface area contributed by atoms with Gasteiger partial charge in [-0.25, -0.2) is 9.37 Å². The zero-order valence-electron chi connectivity index (χ0n) is 15.0. The van der Waals surface area contributed by atoms with Crippen molar-refractivity contribution in [2.75, 3.05) is 13.6 Å². The van der Waals surface area contributed by atoms with Crippen LogP contribution in [0.1, 0.15) is 16.1 Å². The Labute approximate surface area is 159 Å². The van der Waals surface area contributed by atoms with Gasteiger partial charge in [0.1, 0.15) is 11.5 Å². The molecule has 3 heterocycles. The van der Waals surface area contributed by atoms with Crippen molar-refractivity contribution in [2.24, 2.45) is 7.05 Å². The summed E-state index contributed by atoms with van der Waals surface area (Å²) in [4.78, 5) is 19.7. The quantitative estimate of drug-likeness (QED) is 0.532. The molecule has 0 radical (unpaired) electrons. The molecule has 3 aromatic heterocycles. The molecule has 0 N–H and O–H groups in total. The van der Waals surface area contributed by atoms with Crippen LogP contribution in [0.25, 0.3) is 16.2 Å². The van der Waals surface area contributed by atoms with Crippen LogP contribution in [-0.4, -0.2) is 43.6 Å². The highest BCUT2D eigenvalue weighted by Gasteiger charge is 2.19. The average Bonchev–Trinajstić information content (AvgIpc) is 3.35. The van der Waals surface area contributed by atoms with Gasteiger partial charge in [-0.3, -0.25) is 13.9 Å². The summed E-state index contributed by atoms with van der Waals surface area (Å²) in [5.74, 6) is -0.424. The number of benzene rings is 1. The second kappa shape index (κ2) is 6.96. The number of fused-ring (bicyclic) bond motifs is 1. The predicted molar refractivity (Wildman–Crippen MR) is 102 cm³/mol. The monoisotopic (exact) mass is 383 g/mol. The molecule has 4 rings (SSSR count). The van der Waals surface area contributed by atoms with Crippen molar-refractivity contribution in [3.05, 3.63) is 65.3 Å². The summed E-state index contributed by atoms with van der Waals surface area (Å²) < 4.78 is 17.5. The molecular weight excluding hydrogens is 365 g/mol. The summed E-state index contributed by atoms with van der Waals surface area (Å²) in [6.07, 6.45) is 6.19. The first-order chi connectivity index (χ1) is 13.0. The van der Waals surface area contributed by atoms with Crippen LogP contribution in [0.3, 0.4) is 0 Å². The van der Waals surface area contributed by atoms with Crippen molar-refractivity contribution >= 4 is 22.2 Å². The van der Waals surface area contributed by atoms with Gasteiger partial charge < -0.3 is 4.90 Å². The maximum atomic E-state index is 14.0.